The lowest BCUT2D eigenvalue weighted by Crippen LogP contribution is -2.49. The van der Waals surface area contributed by atoms with E-state index in [2.05, 4.69) is 15.6 Å². The van der Waals surface area contributed by atoms with Crippen molar-refractivity contribution in [3.8, 4) is 17.4 Å². The number of benzene rings is 2. The molecule has 0 aliphatic carbocycles. The molecule has 0 radical (unpaired) electrons. The van der Waals surface area contributed by atoms with E-state index in [1.54, 1.807) is 49.7 Å². The molecule has 0 aliphatic heterocycles. The average Bonchev–Trinajstić information content (AvgIpc) is 2.82. The third kappa shape index (κ3) is 6.77. The van der Waals surface area contributed by atoms with Gasteiger partial charge in [-0.2, -0.15) is 0 Å². The molecule has 3 aromatic rings. The minimum absolute atomic E-state index is 0.123. The van der Waals surface area contributed by atoms with Crippen molar-refractivity contribution in [1.82, 2.24) is 15.6 Å². The standard InChI is InChI=1S/C25H26FN3O4/c1-16(2)23(29-24(30)18-4-8-20(32-3)9-5-18)25(31)28-15-17-12-13-27-22(14-17)33-21-10-6-19(26)7-11-21/h4-14,16,23H,15H2,1-3H3,(H,28,31)(H,29,30). The van der Waals surface area contributed by atoms with Crippen LogP contribution >= 0.6 is 0 Å². The molecule has 0 saturated carbocycles. The van der Waals surface area contributed by atoms with Gasteiger partial charge in [0.1, 0.15) is 23.4 Å². The summed E-state index contributed by atoms with van der Waals surface area (Å²) in [6.07, 6.45) is 1.56. The number of carbonyl (C=O) groups excluding carboxylic acids is 2. The maximum Gasteiger partial charge on any atom is 0.251 e. The first-order valence-electron chi connectivity index (χ1n) is 10.5. The Kier molecular flexibility index (Phi) is 7.96. The summed E-state index contributed by atoms with van der Waals surface area (Å²) >= 11 is 0. The van der Waals surface area contributed by atoms with Gasteiger partial charge in [0.05, 0.1) is 7.11 Å². The molecular formula is C25H26FN3O4. The van der Waals surface area contributed by atoms with Crippen molar-refractivity contribution in [3.05, 3.63) is 83.8 Å². The van der Waals surface area contributed by atoms with Crippen LogP contribution in [0.15, 0.2) is 66.9 Å². The van der Waals surface area contributed by atoms with E-state index >= 15 is 0 Å². The molecule has 2 amide bonds. The molecule has 2 N–H and O–H groups in total. The summed E-state index contributed by atoms with van der Waals surface area (Å²) in [6.45, 7) is 3.95. The zero-order chi connectivity index (χ0) is 23.8. The fourth-order valence-corrected chi connectivity index (χ4v) is 3.04. The molecular weight excluding hydrogens is 425 g/mol. The predicted octanol–water partition coefficient (Wildman–Crippen LogP) is 4.09. The minimum atomic E-state index is -0.712. The maximum atomic E-state index is 13.1. The van der Waals surface area contributed by atoms with Gasteiger partial charge >= 0.3 is 0 Å². The van der Waals surface area contributed by atoms with Gasteiger partial charge < -0.3 is 20.1 Å². The van der Waals surface area contributed by atoms with Gasteiger partial charge in [0.2, 0.25) is 11.8 Å². The van der Waals surface area contributed by atoms with Gasteiger partial charge in [0.25, 0.3) is 5.91 Å². The van der Waals surface area contributed by atoms with Gasteiger partial charge in [-0.05, 0) is 66.1 Å². The van der Waals surface area contributed by atoms with Crippen LogP contribution in [-0.4, -0.2) is 29.9 Å². The third-order valence-electron chi connectivity index (χ3n) is 4.89. The molecule has 0 bridgehead atoms. The molecule has 0 fully saturated rings. The summed E-state index contributed by atoms with van der Waals surface area (Å²) in [4.78, 5) is 29.5. The van der Waals surface area contributed by atoms with Crippen molar-refractivity contribution < 1.29 is 23.5 Å². The second-order valence-corrected chi connectivity index (χ2v) is 7.70. The number of amides is 2. The van der Waals surface area contributed by atoms with Crippen molar-refractivity contribution in [1.29, 1.82) is 0 Å². The Balaban J connectivity index is 1.60. The first kappa shape index (κ1) is 23.7. The summed E-state index contributed by atoms with van der Waals surface area (Å²) in [7, 11) is 1.55. The molecule has 1 heterocycles. The molecule has 7 nitrogen and oxygen atoms in total. The molecule has 2 aromatic carbocycles. The van der Waals surface area contributed by atoms with Crippen LogP contribution in [0.5, 0.6) is 17.4 Å². The Hall–Kier alpha value is -3.94. The Labute approximate surface area is 192 Å². The third-order valence-corrected chi connectivity index (χ3v) is 4.89. The molecule has 3 rings (SSSR count). The van der Waals surface area contributed by atoms with Crippen molar-refractivity contribution in [2.45, 2.75) is 26.4 Å². The number of nitrogens with zero attached hydrogens (tertiary/aromatic N) is 1. The number of nitrogens with one attached hydrogen (secondary N) is 2. The molecule has 33 heavy (non-hydrogen) atoms. The van der Waals surface area contributed by atoms with Crippen LogP contribution in [-0.2, 0) is 11.3 Å². The van der Waals surface area contributed by atoms with E-state index in [-0.39, 0.29) is 30.1 Å². The van der Waals surface area contributed by atoms with E-state index < -0.39 is 6.04 Å². The van der Waals surface area contributed by atoms with Gasteiger partial charge in [-0.3, -0.25) is 9.59 Å². The summed E-state index contributed by atoms with van der Waals surface area (Å²) in [5.41, 5.74) is 1.20. The van der Waals surface area contributed by atoms with Crippen molar-refractivity contribution in [2.75, 3.05) is 7.11 Å². The Morgan fingerprint density at radius 3 is 2.30 bits per heavy atom. The molecule has 8 heteroatoms. The molecule has 172 valence electrons. The minimum Gasteiger partial charge on any atom is -0.497 e. The Bertz CT molecular complexity index is 1090. The quantitative estimate of drug-likeness (QED) is 0.512. The van der Waals surface area contributed by atoms with Crippen LogP contribution in [0.25, 0.3) is 0 Å². The number of carbonyl (C=O) groups is 2. The largest absolute Gasteiger partial charge is 0.497 e. The van der Waals surface area contributed by atoms with E-state index in [1.807, 2.05) is 13.8 Å². The normalized spacial score (nSPS) is 11.5. The van der Waals surface area contributed by atoms with Crippen LogP contribution in [0, 0.1) is 11.7 Å². The molecule has 1 unspecified atom stereocenters. The summed E-state index contributed by atoms with van der Waals surface area (Å²) in [5.74, 6) is 0.292. The van der Waals surface area contributed by atoms with Crippen LogP contribution in [0.2, 0.25) is 0 Å². The monoisotopic (exact) mass is 451 g/mol. The molecule has 1 atom stereocenters. The van der Waals surface area contributed by atoms with Crippen LogP contribution < -0.4 is 20.1 Å². The lowest BCUT2D eigenvalue weighted by atomic mass is 10.0. The Morgan fingerprint density at radius 1 is 1.00 bits per heavy atom. The number of hydrogen-bond donors (Lipinski definition) is 2. The average molecular weight is 451 g/mol. The molecule has 0 saturated heterocycles. The zero-order valence-electron chi connectivity index (χ0n) is 18.7. The van der Waals surface area contributed by atoms with Gasteiger partial charge in [-0.15, -0.1) is 0 Å². The SMILES string of the molecule is COc1ccc(C(=O)NC(C(=O)NCc2ccnc(Oc3ccc(F)cc3)c2)C(C)C)cc1. The van der Waals surface area contributed by atoms with Crippen molar-refractivity contribution in [3.63, 3.8) is 0 Å². The van der Waals surface area contributed by atoms with Gasteiger partial charge in [0, 0.05) is 24.4 Å². The van der Waals surface area contributed by atoms with E-state index in [4.69, 9.17) is 9.47 Å². The molecule has 1 aromatic heterocycles. The molecule has 0 spiro atoms. The van der Waals surface area contributed by atoms with Gasteiger partial charge in [-0.25, -0.2) is 9.37 Å². The summed E-state index contributed by atoms with van der Waals surface area (Å²) < 4.78 is 23.8. The van der Waals surface area contributed by atoms with E-state index in [9.17, 15) is 14.0 Å². The first-order chi connectivity index (χ1) is 15.9. The first-order valence-corrected chi connectivity index (χ1v) is 10.5. The van der Waals surface area contributed by atoms with Crippen LogP contribution in [0.1, 0.15) is 29.8 Å². The lowest BCUT2D eigenvalue weighted by Gasteiger charge is -2.22. The number of rotatable bonds is 9. The number of ether oxygens (including phenoxy) is 2. The van der Waals surface area contributed by atoms with Gasteiger partial charge in [-0.1, -0.05) is 13.8 Å². The predicted molar refractivity (Wildman–Crippen MR) is 122 cm³/mol. The number of halogens is 1. The number of hydrogen-bond acceptors (Lipinski definition) is 5. The highest BCUT2D eigenvalue weighted by Crippen LogP contribution is 2.20. The zero-order valence-corrected chi connectivity index (χ0v) is 18.7. The van der Waals surface area contributed by atoms with E-state index in [0.29, 0.717) is 22.9 Å². The highest BCUT2D eigenvalue weighted by Gasteiger charge is 2.24. The molecule has 0 aliphatic rings. The number of pyridine rings is 1. The Morgan fingerprint density at radius 2 is 1.67 bits per heavy atom. The number of methoxy groups -OCH3 is 1. The summed E-state index contributed by atoms with van der Waals surface area (Å²) in [6, 6.07) is 15.0. The van der Waals surface area contributed by atoms with Crippen LogP contribution in [0.4, 0.5) is 4.39 Å². The highest BCUT2D eigenvalue weighted by molar-refractivity contribution is 5.97. The van der Waals surface area contributed by atoms with E-state index in [1.165, 1.54) is 24.3 Å². The second kappa shape index (κ2) is 11.1. The lowest BCUT2D eigenvalue weighted by molar-refractivity contribution is -0.124. The highest BCUT2D eigenvalue weighted by atomic mass is 19.1. The maximum absolute atomic E-state index is 13.1. The topological polar surface area (TPSA) is 89.5 Å². The van der Waals surface area contributed by atoms with Crippen molar-refractivity contribution >= 4 is 11.8 Å². The van der Waals surface area contributed by atoms with Crippen molar-refractivity contribution in [2.24, 2.45) is 5.92 Å². The van der Waals surface area contributed by atoms with Gasteiger partial charge in [0.15, 0.2) is 0 Å². The smallest absolute Gasteiger partial charge is 0.251 e. The summed E-state index contributed by atoms with van der Waals surface area (Å²) in [5, 5.41) is 5.64. The second-order valence-electron chi connectivity index (χ2n) is 7.70. The number of aromatic nitrogens is 1. The van der Waals surface area contributed by atoms with Crippen LogP contribution in [0.3, 0.4) is 0 Å². The fourth-order valence-electron chi connectivity index (χ4n) is 3.04. The van der Waals surface area contributed by atoms with E-state index in [0.717, 1.165) is 5.56 Å². The fraction of sp³-hybridized carbons (Fsp3) is 0.240.